The van der Waals surface area contributed by atoms with Crippen molar-refractivity contribution in [3.8, 4) is 11.1 Å². The van der Waals surface area contributed by atoms with Gasteiger partial charge in [-0.25, -0.2) is 9.78 Å². The minimum Gasteiger partial charge on any atom is -0.465 e. The number of aromatic nitrogens is 2. The molecule has 2 heterocycles. The Labute approximate surface area is 151 Å². The summed E-state index contributed by atoms with van der Waals surface area (Å²) in [6.45, 7) is 3.02. The van der Waals surface area contributed by atoms with Gasteiger partial charge in [0.2, 0.25) is 0 Å². The van der Waals surface area contributed by atoms with Gasteiger partial charge in [0.05, 0.1) is 43.1 Å². The van der Waals surface area contributed by atoms with Crippen LogP contribution in [0.3, 0.4) is 0 Å². The molecule has 0 spiro atoms. The van der Waals surface area contributed by atoms with Gasteiger partial charge in [-0.05, 0) is 29.3 Å². The molecule has 1 fully saturated rings. The Morgan fingerprint density at radius 3 is 2.73 bits per heavy atom. The van der Waals surface area contributed by atoms with Crippen LogP contribution in [0.1, 0.15) is 10.4 Å². The number of esters is 1. The Balaban J connectivity index is 1.76. The summed E-state index contributed by atoms with van der Waals surface area (Å²) < 4.78 is 10.3. The molecule has 1 aliphatic rings. The molecule has 1 saturated heterocycles. The number of fused-ring (bicyclic) bond motifs is 1. The molecule has 3 aromatic rings. The lowest BCUT2D eigenvalue weighted by atomic mass is 9.99. The number of carbonyl (C=O) groups is 1. The molecule has 4 rings (SSSR count). The van der Waals surface area contributed by atoms with Crippen LogP contribution >= 0.6 is 0 Å². The first kappa shape index (κ1) is 16.5. The molecule has 2 aromatic carbocycles. The van der Waals surface area contributed by atoms with Gasteiger partial charge in [0.15, 0.2) is 0 Å². The third kappa shape index (κ3) is 3.11. The standard InChI is InChI=1S/C20H19N3O3/c1-25-20(24)16-5-3-2-4-15(16)14-6-7-17-18(12-14)22-19(13-21-17)23-8-10-26-11-9-23/h2-7,12-13H,8-11H2,1H3. The van der Waals surface area contributed by atoms with Crippen LogP contribution in [0, 0.1) is 0 Å². The van der Waals surface area contributed by atoms with Crippen molar-refractivity contribution in [1.82, 2.24) is 9.97 Å². The van der Waals surface area contributed by atoms with Gasteiger partial charge in [0.25, 0.3) is 0 Å². The van der Waals surface area contributed by atoms with Crippen LogP contribution in [-0.2, 0) is 9.47 Å². The molecule has 26 heavy (non-hydrogen) atoms. The monoisotopic (exact) mass is 349 g/mol. The van der Waals surface area contributed by atoms with E-state index in [2.05, 4.69) is 9.88 Å². The fourth-order valence-electron chi connectivity index (χ4n) is 3.14. The van der Waals surface area contributed by atoms with E-state index in [1.54, 1.807) is 12.3 Å². The van der Waals surface area contributed by atoms with Crippen molar-refractivity contribution in [3.63, 3.8) is 0 Å². The Hall–Kier alpha value is -2.99. The van der Waals surface area contributed by atoms with E-state index in [-0.39, 0.29) is 5.97 Å². The number of morpholine rings is 1. The maximum absolute atomic E-state index is 12.1. The Bertz CT molecular complexity index is 952. The van der Waals surface area contributed by atoms with E-state index in [0.717, 1.165) is 41.1 Å². The fraction of sp³-hybridized carbons (Fsp3) is 0.250. The van der Waals surface area contributed by atoms with Crippen molar-refractivity contribution >= 4 is 22.8 Å². The first-order valence-electron chi connectivity index (χ1n) is 8.53. The van der Waals surface area contributed by atoms with Gasteiger partial charge in [-0.15, -0.1) is 0 Å². The summed E-state index contributed by atoms with van der Waals surface area (Å²) in [5, 5.41) is 0. The molecular weight excluding hydrogens is 330 g/mol. The Kier molecular flexibility index (Phi) is 4.50. The summed E-state index contributed by atoms with van der Waals surface area (Å²) in [6.07, 6.45) is 1.80. The van der Waals surface area contributed by atoms with Crippen molar-refractivity contribution in [2.24, 2.45) is 0 Å². The molecule has 0 amide bonds. The molecule has 1 aromatic heterocycles. The Morgan fingerprint density at radius 1 is 1.12 bits per heavy atom. The number of carbonyl (C=O) groups excluding carboxylic acids is 1. The van der Waals surface area contributed by atoms with E-state index in [4.69, 9.17) is 14.5 Å². The van der Waals surface area contributed by atoms with Crippen LogP contribution in [-0.4, -0.2) is 49.4 Å². The summed E-state index contributed by atoms with van der Waals surface area (Å²) >= 11 is 0. The second-order valence-corrected chi connectivity index (χ2v) is 6.07. The van der Waals surface area contributed by atoms with Crippen LogP contribution in [0.2, 0.25) is 0 Å². The first-order valence-corrected chi connectivity index (χ1v) is 8.53. The molecule has 1 aliphatic heterocycles. The predicted octanol–water partition coefficient (Wildman–Crippen LogP) is 2.92. The summed E-state index contributed by atoms with van der Waals surface area (Å²) in [5.41, 5.74) is 3.88. The van der Waals surface area contributed by atoms with Gasteiger partial charge in [0, 0.05) is 13.1 Å². The van der Waals surface area contributed by atoms with Crippen molar-refractivity contribution < 1.29 is 14.3 Å². The predicted molar refractivity (Wildman–Crippen MR) is 99.3 cm³/mol. The van der Waals surface area contributed by atoms with Crippen molar-refractivity contribution in [1.29, 1.82) is 0 Å². The summed E-state index contributed by atoms with van der Waals surface area (Å²) in [4.78, 5) is 23.5. The molecule has 0 N–H and O–H groups in total. The molecule has 6 heteroatoms. The highest BCUT2D eigenvalue weighted by atomic mass is 16.5. The summed E-state index contributed by atoms with van der Waals surface area (Å²) in [5.74, 6) is 0.494. The molecule has 0 radical (unpaired) electrons. The number of anilines is 1. The normalized spacial score (nSPS) is 14.4. The smallest absolute Gasteiger partial charge is 0.338 e. The third-order valence-electron chi connectivity index (χ3n) is 4.51. The number of hydrogen-bond acceptors (Lipinski definition) is 6. The second-order valence-electron chi connectivity index (χ2n) is 6.07. The van der Waals surface area contributed by atoms with Gasteiger partial charge in [-0.3, -0.25) is 4.98 Å². The second kappa shape index (κ2) is 7.09. The summed E-state index contributed by atoms with van der Waals surface area (Å²) in [6, 6.07) is 13.2. The van der Waals surface area contributed by atoms with Gasteiger partial charge >= 0.3 is 5.97 Å². The average Bonchev–Trinajstić information content (AvgIpc) is 2.73. The minimum atomic E-state index is -0.353. The Morgan fingerprint density at radius 2 is 1.92 bits per heavy atom. The average molecular weight is 349 g/mol. The van der Waals surface area contributed by atoms with Gasteiger partial charge in [0.1, 0.15) is 5.82 Å². The quantitative estimate of drug-likeness (QED) is 0.678. The van der Waals surface area contributed by atoms with Crippen LogP contribution < -0.4 is 4.90 Å². The highest BCUT2D eigenvalue weighted by molar-refractivity contribution is 5.98. The topological polar surface area (TPSA) is 64.5 Å². The molecular formula is C20H19N3O3. The van der Waals surface area contributed by atoms with Gasteiger partial charge in [-0.1, -0.05) is 24.3 Å². The lowest BCUT2D eigenvalue weighted by Crippen LogP contribution is -2.36. The number of rotatable bonds is 3. The molecule has 0 unspecified atom stereocenters. The zero-order valence-electron chi connectivity index (χ0n) is 14.5. The SMILES string of the molecule is COC(=O)c1ccccc1-c1ccc2ncc(N3CCOCC3)nc2c1. The van der Waals surface area contributed by atoms with Gasteiger partial charge < -0.3 is 14.4 Å². The van der Waals surface area contributed by atoms with E-state index < -0.39 is 0 Å². The summed E-state index contributed by atoms with van der Waals surface area (Å²) in [7, 11) is 1.39. The molecule has 0 atom stereocenters. The van der Waals surface area contributed by atoms with Gasteiger partial charge in [-0.2, -0.15) is 0 Å². The number of ether oxygens (including phenoxy) is 2. The molecule has 0 bridgehead atoms. The minimum absolute atomic E-state index is 0.353. The fourth-order valence-corrected chi connectivity index (χ4v) is 3.14. The van der Waals surface area contributed by atoms with Crippen molar-refractivity contribution in [2.75, 3.05) is 38.3 Å². The van der Waals surface area contributed by atoms with Crippen LogP contribution in [0.15, 0.2) is 48.7 Å². The van der Waals surface area contributed by atoms with Crippen LogP contribution in [0.4, 0.5) is 5.82 Å². The van der Waals surface area contributed by atoms with Crippen LogP contribution in [0.5, 0.6) is 0 Å². The maximum Gasteiger partial charge on any atom is 0.338 e. The number of methoxy groups -OCH3 is 1. The lowest BCUT2D eigenvalue weighted by molar-refractivity contribution is 0.0601. The van der Waals surface area contributed by atoms with Crippen molar-refractivity contribution in [3.05, 3.63) is 54.2 Å². The zero-order chi connectivity index (χ0) is 17.9. The number of benzene rings is 2. The molecule has 6 nitrogen and oxygen atoms in total. The number of nitrogens with zero attached hydrogens (tertiary/aromatic N) is 3. The largest absolute Gasteiger partial charge is 0.465 e. The van der Waals surface area contributed by atoms with Crippen molar-refractivity contribution in [2.45, 2.75) is 0 Å². The van der Waals surface area contributed by atoms with E-state index in [1.807, 2.05) is 36.4 Å². The third-order valence-corrected chi connectivity index (χ3v) is 4.51. The van der Waals surface area contributed by atoms with E-state index in [1.165, 1.54) is 7.11 Å². The van der Waals surface area contributed by atoms with Crippen LogP contribution in [0.25, 0.3) is 22.2 Å². The highest BCUT2D eigenvalue weighted by Gasteiger charge is 2.15. The molecule has 0 aliphatic carbocycles. The first-order chi connectivity index (χ1) is 12.8. The van der Waals surface area contributed by atoms with E-state index in [9.17, 15) is 4.79 Å². The molecule has 132 valence electrons. The highest BCUT2D eigenvalue weighted by Crippen LogP contribution is 2.27. The van der Waals surface area contributed by atoms with E-state index in [0.29, 0.717) is 18.8 Å². The lowest BCUT2D eigenvalue weighted by Gasteiger charge is -2.27. The maximum atomic E-state index is 12.1. The molecule has 0 saturated carbocycles. The van der Waals surface area contributed by atoms with E-state index >= 15 is 0 Å². The number of hydrogen-bond donors (Lipinski definition) is 0. The zero-order valence-corrected chi connectivity index (χ0v) is 14.5.